The van der Waals surface area contributed by atoms with E-state index in [4.69, 9.17) is 0 Å². The van der Waals surface area contributed by atoms with Crippen LogP contribution in [0.25, 0.3) is 16.6 Å². The number of hydrogen-bond acceptors (Lipinski definition) is 4. The third kappa shape index (κ3) is 4.81. The number of pyridine rings is 1. The Kier molecular flexibility index (Phi) is 6.29. The Morgan fingerprint density at radius 2 is 1.72 bits per heavy atom. The van der Waals surface area contributed by atoms with Gasteiger partial charge in [0.05, 0.1) is 0 Å². The van der Waals surface area contributed by atoms with Crippen LogP contribution in [0.5, 0.6) is 0 Å². The van der Waals surface area contributed by atoms with Gasteiger partial charge in [0.2, 0.25) is 0 Å². The van der Waals surface area contributed by atoms with E-state index in [0.717, 1.165) is 16.5 Å². The summed E-state index contributed by atoms with van der Waals surface area (Å²) in [6.45, 7) is 3.82. The summed E-state index contributed by atoms with van der Waals surface area (Å²) in [7, 11) is 0. The van der Waals surface area contributed by atoms with Crippen molar-refractivity contribution in [3.05, 3.63) is 60.6 Å². The Morgan fingerprint density at radius 1 is 1.03 bits per heavy atom. The molecule has 29 heavy (non-hydrogen) atoms. The second-order valence-corrected chi connectivity index (χ2v) is 7.50. The second-order valence-electron chi connectivity index (χ2n) is 7.50. The van der Waals surface area contributed by atoms with Gasteiger partial charge in [-0.1, -0.05) is 44.2 Å². The molecule has 0 amide bonds. The topological polar surface area (TPSA) is 104 Å². The van der Waals surface area contributed by atoms with Crippen molar-refractivity contribution < 1.29 is 19.8 Å². The molecule has 3 aromatic rings. The smallest absolute Gasteiger partial charge is 0.321 e. The summed E-state index contributed by atoms with van der Waals surface area (Å²) in [5.74, 6) is -1.33. The standard InChI is InChI=1S/C22H25N3O4/c1-14(2)11-17(21(26)27)24-18(22(28)29)12-19-16-8-4-3-7-15(16)13-25(19)20-9-5-6-10-23-20/h3-10,13-14,17-18,24H,11-12H2,1-2H3,(H,26,27)(H,28,29). The number of nitrogens with one attached hydrogen (secondary N) is 1. The third-order valence-corrected chi connectivity index (χ3v) is 4.83. The van der Waals surface area contributed by atoms with Gasteiger partial charge in [0.15, 0.2) is 0 Å². The van der Waals surface area contributed by atoms with Crippen LogP contribution < -0.4 is 5.32 Å². The Bertz CT molecular complexity index is 998. The lowest BCUT2D eigenvalue weighted by Gasteiger charge is -2.22. The largest absolute Gasteiger partial charge is 0.480 e. The summed E-state index contributed by atoms with van der Waals surface area (Å²) in [4.78, 5) is 28.0. The van der Waals surface area contributed by atoms with E-state index in [1.165, 1.54) is 0 Å². The van der Waals surface area contributed by atoms with Gasteiger partial charge >= 0.3 is 11.9 Å². The average Bonchev–Trinajstić information content (AvgIpc) is 3.05. The minimum absolute atomic E-state index is 0.122. The number of rotatable bonds is 9. The van der Waals surface area contributed by atoms with Crippen molar-refractivity contribution in [1.82, 2.24) is 14.9 Å². The SMILES string of the molecule is CC(C)CC(NC(Cc1c2ccccc2cn1-c1ccccn1)C(=O)O)C(=O)O. The molecule has 0 saturated carbocycles. The molecule has 7 heteroatoms. The molecule has 0 spiro atoms. The maximum atomic E-state index is 12.0. The molecule has 0 saturated heterocycles. The van der Waals surface area contributed by atoms with Crippen molar-refractivity contribution in [3.63, 3.8) is 0 Å². The number of nitrogens with zero attached hydrogens (tertiary/aromatic N) is 2. The predicted molar refractivity (Wildman–Crippen MR) is 110 cm³/mol. The first-order chi connectivity index (χ1) is 13.9. The van der Waals surface area contributed by atoms with Gasteiger partial charge in [0, 0.05) is 35.3 Å². The van der Waals surface area contributed by atoms with E-state index in [1.807, 2.05) is 67.1 Å². The fourth-order valence-electron chi connectivity index (χ4n) is 3.49. The van der Waals surface area contributed by atoms with Crippen LogP contribution in [0.3, 0.4) is 0 Å². The summed E-state index contributed by atoms with van der Waals surface area (Å²) in [6.07, 6.45) is 4.08. The maximum absolute atomic E-state index is 12.0. The number of carboxylic acid groups (broad SMARTS) is 2. The van der Waals surface area contributed by atoms with Gasteiger partial charge in [-0.25, -0.2) is 4.98 Å². The zero-order chi connectivity index (χ0) is 21.0. The normalized spacial score (nSPS) is 13.5. The molecule has 152 valence electrons. The number of aliphatic carboxylic acids is 2. The number of carboxylic acids is 2. The first kappa shape index (κ1) is 20.5. The Morgan fingerprint density at radius 3 is 2.34 bits per heavy atom. The molecular formula is C22H25N3O4. The van der Waals surface area contributed by atoms with E-state index in [2.05, 4.69) is 10.3 Å². The van der Waals surface area contributed by atoms with Gasteiger partial charge in [-0.15, -0.1) is 0 Å². The van der Waals surface area contributed by atoms with Crippen LogP contribution in [-0.4, -0.2) is 43.8 Å². The van der Waals surface area contributed by atoms with Gasteiger partial charge in [-0.2, -0.15) is 0 Å². The molecule has 1 aromatic carbocycles. The molecule has 2 unspecified atom stereocenters. The quantitative estimate of drug-likeness (QED) is 0.514. The molecule has 0 bridgehead atoms. The van der Waals surface area contributed by atoms with Crippen LogP contribution in [0.15, 0.2) is 54.9 Å². The van der Waals surface area contributed by atoms with E-state index in [9.17, 15) is 19.8 Å². The molecule has 3 rings (SSSR count). The van der Waals surface area contributed by atoms with Crippen molar-refractivity contribution >= 4 is 22.7 Å². The van der Waals surface area contributed by atoms with Crippen molar-refractivity contribution in [2.45, 2.75) is 38.8 Å². The summed E-state index contributed by atoms with van der Waals surface area (Å²) in [5.41, 5.74) is 0.771. The van der Waals surface area contributed by atoms with Crippen molar-refractivity contribution in [2.75, 3.05) is 0 Å². The maximum Gasteiger partial charge on any atom is 0.321 e. The van der Waals surface area contributed by atoms with E-state index in [-0.39, 0.29) is 12.3 Å². The molecule has 2 heterocycles. The fourth-order valence-corrected chi connectivity index (χ4v) is 3.49. The first-order valence-electron chi connectivity index (χ1n) is 9.59. The van der Waals surface area contributed by atoms with Crippen molar-refractivity contribution in [2.24, 2.45) is 5.92 Å². The number of benzene rings is 1. The lowest BCUT2D eigenvalue weighted by Crippen LogP contribution is -2.49. The van der Waals surface area contributed by atoms with Gasteiger partial charge < -0.3 is 14.8 Å². The minimum atomic E-state index is -1.09. The van der Waals surface area contributed by atoms with Crippen LogP contribution in [-0.2, 0) is 16.0 Å². The zero-order valence-corrected chi connectivity index (χ0v) is 16.4. The minimum Gasteiger partial charge on any atom is -0.480 e. The van der Waals surface area contributed by atoms with Crippen molar-refractivity contribution in [1.29, 1.82) is 0 Å². The molecule has 0 aliphatic heterocycles. The van der Waals surface area contributed by atoms with Crippen LogP contribution in [0.2, 0.25) is 0 Å². The highest BCUT2D eigenvalue weighted by Gasteiger charge is 2.28. The Hall–Kier alpha value is -3.19. The Labute approximate surface area is 169 Å². The molecule has 0 fully saturated rings. The highest BCUT2D eigenvalue weighted by Crippen LogP contribution is 2.25. The van der Waals surface area contributed by atoms with Crippen LogP contribution in [0, 0.1) is 5.92 Å². The van der Waals surface area contributed by atoms with Crippen LogP contribution in [0.4, 0.5) is 0 Å². The number of carbonyl (C=O) groups is 2. The lowest BCUT2D eigenvalue weighted by atomic mass is 10.0. The van der Waals surface area contributed by atoms with Gasteiger partial charge in [-0.3, -0.25) is 14.9 Å². The van der Waals surface area contributed by atoms with Crippen LogP contribution in [0.1, 0.15) is 26.0 Å². The monoisotopic (exact) mass is 395 g/mol. The summed E-state index contributed by atoms with van der Waals surface area (Å²) in [5, 5.41) is 24.0. The molecule has 0 radical (unpaired) electrons. The molecule has 0 aliphatic rings. The Balaban J connectivity index is 2.00. The highest BCUT2D eigenvalue weighted by molar-refractivity contribution is 5.87. The highest BCUT2D eigenvalue weighted by atomic mass is 16.4. The van der Waals surface area contributed by atoms with Crippen molar-refractivity contribution in [3.8, 4) is 5.82 Å². The van der Waals surface area contributed by atoms with E-state index in [1.54, 1.807) is 6.20 Å². The number of aromatic nitrogens is 2. The number of fused-ring (bicyclic) bond motifs is 1. The molecule has 2 atom stereocenters. The van der Waals surface area contributed by atoms with E-state index >= 15 is 0 Å². The third-order valence-electron chi connectivity index (χ3n) is 4.83. The summed E-state index contributed by atoms with van der Waals surface area (Å²) >= 11 is 0. The molecule has 7 nitrogen and oxygen atoms in total. The summed E-state index contributed by atoms with van der Waals surface area (Å²) < 4.78 is 1.88. The number of hydrogen-bond donors (Lipinski definition) is 3. The van der Waals surface area contributed by atoms with E-state index in [0.29, 0.717) is 12.2 Å². The second kappa shape index (κ2) is 8.87. The first-order valence-corrected chi connectivity index (χ1v) is 9.59. The van der Waals surface area contributed by atoms with Crippen LogP contribution >= 0.6 is 0 Å². The molecular weight excluding hydrogens is 370 g/mol. The van der Waals surface area contributed by atoms with Gasteiger partial charge in [0.25, 0.3) is 0 Å². The lowest BCUT2D eigenvalue weighted by molar-refractivity contribution is -0.142. The zero-order valence-electron chi connectivity index (χ0n) is 16.4. The predicted octanol–water partition coefficient (Wildman–Crippen LogP) is 3.11. The molecule has 3 N–H and O–H groups in total. The van der Waals surface area contributed by atoms with Gasteiger partial charge in [-0.05, 0) is 24.5 Å². The van der Waals surface area contributed by atoms with Gasteiger partial charge in [0.1, 0.15) is 17.9 Å². The molecule has 0 aliphatic carbocycles. The van der Waals surface area contributed by atoms with E-state index < -0.39 is 24.0 Å². The fraction of sp³-hybridized carbons (Fsp3) is 0.318. The average molecular weight is 395 g/mol. The summed E-state index contributed by atoms with van der Waals surface area (Å²) in [6, 6.07) is 11.3. The molecule has 2 aromatic heterocycles.